The van der Waals surface area contributed by atoms with Gasteiger partial charge in [0.2, 0.25) is 0 Å². The van der Waals surface area contributed by atoms with E-state index in [0.717, 1.165) is 22.2 Å². The highest BCUT2D eigenvalue weighted by Gasteiger charge is 2.40. The summed E-state index contributed by atoms with van der Waals surface area (Å²) in [6.45, 7) is 0.142. The molecule has 0 bridgehead atoms. The highest BCUT2D eigenvalue weighted by molar-refractivity contribution is 6.00. The normalized spacial score (nSPS) is 17.8. The zero-order valence-electron chi connectivity index (χ0n) is 14.7. The Balaban J connectivity index is 1.80. The Bertz CT molecular complexity index is 1200. The van der Waals surface area contributed by atoms with Crippen molar-refractivity contribution >= 4 is 28.2 Å². The van der Waals surface area contributed by atoms with Crippen LogP contribution in [0.15, 0.2) is 47.8 Å². The van der Waals surface area contributed by atoms with E-state index >= 15 is 0 Å². The van der Waals surface area contributed by atoms with Gasteiger partial charge in [0.05, 0.1) is 35.0 Å². The van der Waals surface area contributed by atoms with Gasteiger partial charge in [0.25, 0.3) is 0 Å². The summed E-state index contributed by atoms with van der Waals surface area (Å²) in [6.07, 6.45) is 1.69. The van der Waals surface area contributed by atoms with Crippen molar-refractivity contribution in [3.63, 3.8) is 0 Å². The van der Waals surface area contributed by atoms with Crippen molar-refractivity contribution in [1.82, 2.24) is 10.2 Å². The molecule has 0 fully saturated rings. The summed E-state index contributed by atoms with van der Waals surface area (Å²) in [6, 6.07) is 8.55. The lowest BCUT2D eigenvalue weighted by Crippen LogP contribution is -2.20. The molecule has 9 heteroatoms. The first-order valence-electron chi connectivity index (χ1n) is 8.54. The monoisotopic (exact) mass is 378 g/mol. The fraction of sp³-hybridized carbons (Fsp3) is 0.158. The fourth-order valence-corrected chi connectivity index (χ4v) is 3.93. The van der Waals surface area contributed by atoms with Crippen LogP contribution in [0, 0.1) is 10.1 Å². The number of cyclic esters (lactones) is 1. The number of nitro groups is 1. The highest BCUT2D eigenvalue weighted by atomic mass is 16.6. The van der Waals surface area contributed by atoms with Gasteiger partial charge in [-0.05, 0) is 23.8 Å². The molecule has 1 unspecified atom stereocenters. The number of ether oxygens (including phenoxy) is 2. The summed E-state index contributed by atoms with van der Waals surface area (Å²) in [5, 5.41) is 22.7. The predicted molar refractivity (Wildman–Crippen MR) is 99.2 cm³/mol. The van der Waals surface area contributed by atoms with E-state index in [1.165, 1.54) is 13.2 Å². The molecular formula is C19H14N4O5. The zero-order valence-corrected chi connectivity index (χ0v) is 14.7. The molecule has 2 N–H and O–H groups in total. The third-order valence-electron chi connectivity index (χ3n) is 5.15. The van der Waals surface area contributed by atoms with Gasteiger partial charge in [-0.3, -0.25) is 15.2 Å². The van der Waals surface area contributed by atoms with Gasteiger partial charge >= 0.3 is 11.7 Å². The third-order valence-corrected chi connectivity index (χ3v) is 5.15. The van der Waals surface area contributed by atoms with Crippen LogP contribution in [0.25, 0.3) is 10.9 Å². The van der Waals surface area contributed by atoms with Crippen LogP contribution in [0.3, 0.4) is 0 Å². The number of hydrogen-bond acceptors (Lipinski definition) is 7. The van der Waals surface area contributed by atoms with Crippen LogP contribution in [-0.2, 0) is 9.53 Å². The second kappa shape index (κ2) is 5.81. The number of methoxy groups -OCH3 is 1. The number of aromatic nitrogens is 2. The molecule has 5 rings (SSSR count). The molecule has 0 radical (unpaired) electrons. The van der Waals surface area contributed by atoms with Crippen LogP contribution in [0.4, 0.5) is 11.4 Å². The number of benzene rings is 2. The van der Waals surface area contributed by atoms with Crippen molar-refractivity contribution in [2.75, 3.05) is 19.0 Å². The Hall–Kier alpha value is -3.88. The van der Waals surface area contributed by atoms with E-state index in [9.17, 15) is 14.9 Å². The molecule has 0 saturated carbocycles. The van der Waals surface area contributed by atoms with Gasteiger partial charge in [0, 0.05) is 28.6 Å². The van der Waals surface area contributed by atoms with E-state index in [2.05, 4.69) is 15.5 Å². The second-order valence-corrected chi connectivity index (χ2v) is 6.58. The van der Waals surface area contributed by atoms with Crippen molar-refractivity contribution < 1.29 is 19.2 Å². The number of fused-ring (bicyclic) bond motifs is 3. The molecule has 9 nitrogen and oxygen atoms in total. The van der Waals surface area contributed by atoms with Gasteiger partial charge in [0.15, 0.2) is 5.75 Å². The minimum Gasteiger partial charge on any atom is -0.490 e. The lowest BCUT2D eigenvalue weighted by atomic mass is 9.80. The topological polar surface area (TPSA) is 119 Å². The van der Waals surface area contributed by atoms with E-state index in [-0.39, 0.29) is 18.0 Å². The number of aromatic amines is 1. The number of nitro benzene ring substituents is 1. The Labute approximate surface area is 158 Å². The SMILES string of the molecule is COc1ccc(C2C3=C(COC3=O)Nc3ccc4cn[nH]c4c32)cc1[N+](=O)[O-]. The molecule has 2 aliphatic heterocycles. The largest absolute Gasteiger partial charge is 0.490 e. The Kier molecular flexibility index (Phi) is 3.38. The molecule has 0 aliphatic carbocycles. The molecular weight excluding hydrogens is 364 g/mol. The van der Waals surface area contributed by atoms with Crippen molar-refractivity contribution in [3.8, 4) is 5.75 Å². The van der Waals surface area contributed by atoms with Gasteiger partial charge in [-0.1, -0.05) is 6.07 Å². The number of nitrogens with one attached hydrogen (secondary N) is 2. The Morgan fingerprint density at radius 3 is 2.96 bits per heavy atom. The summed E-state index contributed by atoms with van der Waals surface area (Å²) in [7, 11) is 1.38. The maximum Gasteiger partial charge on any atom is 0.337 e. The number of rotatable bonds is 3. The average Bonchev–Trinajstić information content (AvgIpc) is 3.32. The first-order valence-corrected chi connectivity index (χ1v) is 8.54. The summed E-state index contributed by atoms with van der Waals surface area (Å²) in [5.74, 6) is -0.811. The number of carbonyl (C=O) groups excluding carboxylic acids is 1. The summed E-state index contributed by atoms with van der Waals surface area (Å²) >= 11 is 0. The minimum absolute atomic E-state index is 0.142. The smallest absolute Gasteiger partial charge is 0.337 e. The average molecular weight is 378 g/mol. The number of anilines is 1. The Morgan fingerprint density at radius 1 is 1.32 bits per heavy atom. The predicted octanol–water partition coefficient (Wildman–Crippen LogP) is 2.85. The van der Waals surface area contributed by atoms with Crippen molar-refractivity contribution in [2.24, 2.45) is 0 Å². The molecule has 2 aliphatic rings. The highest BCUT2D eigenvalue weighted by Crippen LogP contribution is 2.47. The summed E-state index contributed by atoms with van der Waals surface area (Å²) < 4.78 is 10.3. The van der Waals surface area contributed by atoms with Crippen LogP contribution >= 0.6 is 0 Å². The lowest BCUT2D eigenvalue weighted by Gasteiger charge is -2.27. The molecule has 0 saturated heterocycles. The second-order valence-electron chi connectivity index (χ2n) is 6.58. The quantitative estimate of drug-likeness (QED) is 0.408. The molecule has 3 heterocycles. The van der Waals surface area contributed by atoms with E-state index in [4.69, 9.17) is 9.47 Å². The fourth-order valence-electron chi connectivity index (χ4n) is 3.93. The molecule has 0 amide bonds. The standard InChI is InChI=1S/C19H14N4O5/c1-27-14-5-3-9(6-13(14)23(25)26)15-16-11(4-2-10-7-20-22-18(10)16)21-12-8-28-19(24)17(12)15/h2-7,15,21H,8H2,1H3,(H,20,22). The van der Waals surface area contributed by atoms with Gasteiger partial charge in [-0.25, -0.2) is 4.79 Å². The number of carbonyl (C=O) groups is 1. The molecule has 1 atom stereocenters. The van der Waals surface area contributed by atoms with Gasteiger partial charge in [-0.15, -0.1) is 0 Å². The van der Waals surface area contributed by atoms with Crippen molar-refractivity contribution in [1.29, 1.82) is 0 Å². The molecule has 3 aromatic rings. The van der Waals surface area contributed by atoms with Gasteiger partial charge in [0.1, 0.15) is 6.61 Å². The number of esters is 1. The van der Waals surface area contributed by atoms with Crippen LogP contribution in [0.5, 0.6) is 5.75 Å². The van der Waals surface area contributed by atoms with E-state index in [0.29, 0.717) is 16.8 Å². The van der Waals surface area contributed by atoms with Crippen LogP contribution < -0.4 is 10.1 Å². The first kappa shape index (κ1) is 16.3. The maximum absolute atomic E-state index is 12.5. The molecule has 0 spiro atoms. The number of nitrogens with zero attached hydrogens (tertiary/aromatic N) is 2. The van der Waals surface area contributed by atoms with Crippen LogP contribution in [0.1, 0.15) is 17.0 Å². The molecule has 1 aromatic heterocycles. The maximum atomic E-state index is 12.5. The zero-order chi connectivity index (χ0) is 19.4. The van der Waals surface area contributed by atoms with Gasteiger partial charge < -0.3 is 14.8 Å². The van der Waals surface area contributed by atoms with Crippen LogP contribution in [-0.4, -0.2) is 34.8 Å². The van der Waals surface area contributed by atoms with Crippen molar-refractivity contribution in [2.45, 2.75) is 5.92 Å². The van der Waals surface area contributed by atoms with Crippen LogP contribution in [0.2, 0.25) is 0 Å². The van der Waals surface area contributed by atoms with Crippen molar-refractivity contribution in [3.05, 3.63) is 69.0 Å². The minimum atomic E-state index is -0.532. The third kappa shape index (κ3) is 2.19. The van der Waals surface area contributed by atoms with E-state index in [1.54, 1.807) is 18.3 Å². The van der Waals surface area contributed by atoms with E-state index in [1.807, 2.05) is 12.1 Å². The van der Waals surface area contributed by atoms with E-state index < -0.39 is 16.8 Å². The first-order chi connectivity index (χ1) is 13.6. The number of hydrogen-bond donors (Lipinski definition) is 2. The Morgan fingerprint density at radius 2 is 2.18 bits per heavy atom. The van der Waals surface area contributed by atoms with Gasteiger partial charge in [-0.2, -0.15) is 5.10 Å². The summed E-state index contributed by atoms with van der Waals surface area (Å²) in [4.78, 5) is 23.5. The lowest BCUT2D eigenvalue weighted by molar-refractivity contribution is -0.385. The summed E-state index contributed by atoms with van der Waals surface area (Å²) in [5.41, 5.74) is 3.92. The molecule has 28 heavy (non-hydrogen) atoms. The molecule has 2 aromatic carbocycles. The molecule has 140 valence electrons. The number of H-pyrrole nitrogens is 1.